The molecule has 0 saturated heterocycles. The van der Waals surface area contributed by atoms with E-state index in [9.17, 15) is 13.2 Å². The van der Waals surface area contributed by atoms with E-state index in [-0.39, 0.29) is 20.7 Å². The molecule has 9 heteroatoms. The molecule has 0 bridgehead atoms. The van der Waals surface area contributed by atoms with Crippen molar-refractivity contribution in [2.75, 3.05) is 5.32 Å². The zero-order valence-corrected chi connectivity index (χ0v) is 19.4. The van der Waals surface area contributed by atoms with Crippen molar-refractivity contribution in [2.24, 2.45) is 0 Å². The molecule has 1 N–H and O–H groups in total. The summed E-state index contributed by atoms with van der Waals surface area (Å²) in [4.78, 5) is 16.9. The number of hydrogen-bond donors (Lipinski definition) is 1. The molecule has 1 amide bonds. The first kappa shape index (κ1) is 22.1. The fourth-order valence-corrected chi connectivity index (χ4v) is 4.53. The highest BCUT2D eigenvalue weighted by atomic mass is 35.5. The molecule has 4 aromatic rings. The average molecular weight is 486 g/mol. The molecule has 0 spiro atoms. The lowest BCUT2D eigenvalue weighted by Gasteiger charge is -2.10. The van der Waals surface area contributed by atoms with Crippen LogP contribution in [0.3, 0.4) is 0 Å². The lowest BCUT2D eigenvalue weighted by molar-refractivity contribution is 0.102. The molecule has 32 heavy (non-hydrogen) atoms. The van der Waals surface area contributed by atoms with E-state index in [2.05, 4.69) is 10.3 Å². The highest BCUT2D eigenvalue weighted by molar-refractivity contribution is 7.73. The second-order valence-corrected chi connectivity index (χ2v) is 8.92. The SMILES string of the molecule is Cc1ccc(C(n2cc(C)c3ccc(C(=O)Nc4c(Cl)cncc4Cl)cc32)=S(=O)=O)cc1. The van der Waals surface area contributed by atoms with Crippen molar-refractivity contribution in [1.82, 2.24) is 9.55 Å². The third kappa shape index (κ3) is 4.14. The predicted octanol–water partition coefficient (Wildman–Crippen LogP) is 5.12. The van der Waals surface area contributed by atoms with Gasteiger partial charge in [0.15, 0.2) is 4.99 Å². The van der Waals surface area contributed by atoms with Gasteiger partial charge in [0, 0.05) is 35.1 Å². The maximum atomic E-state index is 12.9. The monoisotopic (exact) mass is 485 g/mol. The topological polar surface area (TPSA) is 81.1 Å². The number of nitrogens with one attached hydrogen (secondary N) is 1. The van der Waals surface area contributed by atoms with Crippen LogP contribution in [0.15, 0.2) is 61.1 Å². The van der Waals surface area contributed by atoms with Gasteiger partial charge in [-0.25, -0.2) is 0 Å². The largest absolute Gasteiger partial charge is 0.319 e. The van der Waals surface area contributed by atoms with E-state index in [1.54, 1.807) is 41.1 Å². The van der Waals surface area contributed by atoms with E-state index < -0.39 is 16.2 Å². The Hall–Kier alpha value is -3.13. The van der Waals surface area contributed by atoms with Crippen LogP contribution in [0.4, 0.5) is 5.69 Å². The van der Waals surface area contributed by atoms with Gasteiger partial charge in [0.05, 0.1) is 21.2 Å². The zero-order valence-electron chi connectivity index (χ0n) is 17.1. The molecule has 2 aromatic carbocycles. The lowest BCUT2D eigenvalue weighted by Crippen LogP contribution is -2.15. The van der Waals surface area contributed by atoms with E-state index >= 15 is 0 Å². The number of amides is 1. The number of fused-ring (bicyclic) bond motifs is 1. The van der Waals surface area contributed by atoms with Crippen molar-refractivity contribution in [1.29, 1.82) is 0 Å². The highest BCUT2D eigenvalue weighted by Gasteiger charge is 2.17. The quantitative estimate of drug-likeness (QED) is 0.408. The van der Waals surface area contributed by atoms with Crippen molar-refractivity contribution < 1.29 is 13.2 Å². The first-order valence-electron chi connectivity index (χ1n) is 9.52. The Balaban J connectivity index is 1.83. The molecule has 4 rings (SSSR count). The van der Waals surface area contributed by atoms with E-state index in [0.717, 1.165) is 16.5 Å². The van der Waals surface area contributed by atoms with Crippen molar-refractivity contribution in [2.45, 2.75) is 13.8 Å². The number of carbonyl (C=O) groups is 1. The van der Waals surface area contributed by atoms with Crippen molar-refractivity contribution in [3.05, 3.63) is 93.4 Å². The van der Waals surface area contributed by atoms with Gasteiger partial charge in [0.2, 0.25) is 10.3 Å². The van der Waals surface area contributed by atoms with Gasteiger partial charge in [-0.1, -0.05) is 59.1 Å². The molecule has 0 atom stereocenters. The molecule has 0 unspecified atom stereocenters. The minimum Gasteiger partial charge on any atom is -0.319 e. The molecule has 0 fully saturated rings. The smallest absolute Gasteiger partial charge is 0.255 e. The Labute approximate surface area is 196 Å². The van der Waals surface area contributed by atoms with Crippen LogP contribution in [0.25, 0.3) is 10.9 Å². The van der Waals surface area contributed by atoms with Crippen LogP contribution >= 0.6 is 23.2 Å². The van der Waals surface area contributed by atoms with Gasteiger partial charge in [0.25, 0.3) is 5.91 Å². The fourth-order valence-electron chi connectivity index (χ4n) is 3.43. The van der Waals surface area contributed by atoms with Gasteiger partial charge in [-0.05, 0) is 31.5 Å². The van der Waals surface area contributed by atoms with E-state index in [4.69, 9.17) is 23.2 Å². The Morgan fingerprint density at radius 2 is 1.59 bits per heavy atom. The summed E-state index contributed by atoms with van der Waals surface area (Å²) in [6.45, 7) is 3.81. The minimum absolute atomic E-state index is 0.0980. The zero-order chi connectivity index (χ0) is 23.0. The second-order valence-electron chi connectivity index (χ2n) is 7.25. The van der Waals surface area contributed by atoms with E-state index in [0.29, 0.717) is 16.6 Å². The highest BCUT2D eigenvalue weighted by Crippen LogP contribution is 2.30. The fraction of sp³-hybridized carbons (Fsp3) is 0.0870. The molecule has 6 nitrogen and oxygen atoms in total. The maximum absolute atomic E-state index is 12.9. The van der Waals surface area contributed by atoms with E-state index in [1.165, 1.54) is 12.4 Å². The van der Waals surface area contributed by atoms with Gasteiger partial charge >= 0.3 is 0 Å². The summed E-state index contributed by atoms with van der Waals surface area (Å²) in [5.74, 6) is -0.438. The Kier molecular flexibility index (Phi) is 6.06. The van der Waals surface area contributed by atoms with Crippen molar-refractivity contribution in [3.8, 4) is 0 Å². The molecule has 0 saturated carbocycles. The summed E-state index contributed by atoms with van der Waals surface area (Å²) in [5, 5.41) is 3.95. The Morgan fingerprint density at radius 1 is 0.969 bits per heavy atom. The summed E-state index contributed by atoms with van der Waals surface area (Å²) in [6, 6.07) is 12.3. The van der Waals surface area contributed by atoms with Gasteiger partial charge < -0.3 is 9.88 Å². The minimum atomic E-state index is -2.52. The molecular formula is C23H17Cl2N3O3S. The molecule has 162 valence electrons. The third-order valence-electron chi connectivity index (χ3n) is 5.03. The summed E-state index contributed by atoms with van der Waals surface area (Å²) >= 11 is 12.2. The molecule has 2 heterocycles. The van der Waals surface area contributed by atoms with Gasteiger partial charge in [-0.3, -0.25) is 9.78 Å². The second kappa shape index (κ2) is 8.78. The van der Waals surface area contributed by atoms with Crippen molar-refractivity contribution in [3.63, 3.8) is 0 Å². The average Bonchev–Trinajstić information content (AvgIpc) is 3.07. The van der Waals surface area contributed by atoms with Gasteiger partial charge in [-0.2, -0.15) is 8.42 Å². The van der Waals surface area contributed by atoms with Crippen LogP contribution in [0.2, 0.25) is 10.0 Å². The van der Waals surface area contributed by atoms with Crippen LogP contribution in [-0.4, -0.2) is 28.9 Å². The summed E-state index contributed by atoms with van der Waals surface area (Å²) < 4.78 is 26.0. The normalized spacial score (nSPS) is 10.9. The molecular weight excluding hydrogens is 469 g/mol. The van der Waals surface area contributed by atoms with Gasteiger partial charge in [0.1, 0.15) is 0 Å². The lowest BCUT2D eigenvalue weighted by atomic mass is 10.1. The molecule has 0 aliphatic carbocycles. The number of halogens is 2. The Morgan fingerprint density at radius 3 is 2.22 bits per heavy atom. The summed E-state index contributed by atoms with van der Waals surface area (Å²) in [7, 11) is -2.52. The van der Waals surface area contributed by atoms with Crippen LogP contribution < -0.4 is 5.32 Å². The van der Waals surface area contributed by atoms with E-state index in [1.807, 2.05) is 26.0 Å². The summed E-state index contributed by atoms with van der Waals surface area (Å²) in [5.41, 5.74) is 3.61. The number of rotatable bonds is 3. The van der Waals surface area contributed by atoms with Crippen LogP contribution in [0.5, 0.6) is 0 Å². The van der Waals surface area contributed by atoms with Gasteiger partial charge in [-0.15, -0.1) is 0 Å². The number of hydrogen-bond acceptors (Lipinski definition) is 4. The number of anilines is 1. The van der Waals surface area contributed by atoms with Crippen LogP contribution in [0.1, 0.15) is 27.0 Å². The predicted molar refractivity (Wildman–Crippen MR) is 128 cm³/mol. The number of carbonyl (C=O) groups excluding carboxylic acids is 1. The Bertz CT molecular complexity index is 1480. The molecule has 0 aliphatic rings. The summed E-state index contributed by atoms with van der Waals surface area (Å²) in [6.07, 6.45) is 4.51. The molecule has 0 aliphatic heterocycles. The standard InChI is InChI=1S/C23H17Cl2N3O3S/c1-13-3-5-15(6-4-13)23(32(30)31)28-12-14(2)17-8-7-16(9-20(17)28)22(29)27-21-18(24)10-26-11-19(21)25/h3-12H,1-2H3,(H,26,27,29). The molecule has 0 radical (unpaired) electrons. The number of pyridine rings is 1. The number of aromatic nitrogens is 2. The number of aryl methyl sites for hydroxylation is 2. The number of nitrogens with zero attached hydrogens (tertiary/aromatic N) is 2. The molecule has 2 aromatic heterocycles. The third-order valence-corrected chi connectivity index (χ3v) is 6.36. The van der Waals surface area contributed by atoms with Crippen LogP contribution in [-0.2, 0) is 10.3 Å². The van der Waals surface area contributed by atoms with Crippen LogP contribution in [0, 0.1) is 13.8 Å². The van der Waals surface area contributed by atoms with Crippen molar-refractivity contribution >= 4 is 61.0 Å². The first-order valence-corrected chi connectivity index (χ1v) is 11.3. The first-order chi connectivity index (χ1) is 15.3. The maximum Gasteiger partial charge on any atom is 0.255 e. The number of benzene rings is 2.